The molecule has 0 amide bonds. The summed E-state index contributed by atoms with van der Waals surface area (Å²) in [5.74, 6) is 0.948. The zero-order valence-corrected chi connectivity index (χ0v) is 17.6. The molecule has 1 aromatic rings. The van der Waals surface area contributed by atoms with Crippen LogP contribution in [0.1, 0.15) is 61.7 Å². The summed E-state index contributed by atoms with van der Waals surface area (Å²) in [5, 5.41) is 13.4. The molecular formula is C22H33NO6. The lowest BCUT2D eigenvalue weighted by atomic mass is 9.89. The van der Waals surface area contributed by atoms with Gasteiger partial charge >= 0.3 is 5.97 Å². The highest BCUT2D eigenvalue weighted by molar-refractivity contribution is 5.91. The Morgan fingerprint density at radius 3 is 1.86 bits per heavy atom. The highest BCUT2D eigenvalue weighted by Crippen LogP contribution is 2.38. The number of nitrogens with one attached hydrogen (secondary N) is 1. The van der Waals surface area contributed by atoms with Crippen LogP contribution in [0.3, 0.4) is 0 Å². The van der Waals surface area contributed by atoms with E-state index >= 15 is 0 Å². The van der Waals surface area contributed by atoms with Gasteiger partial charge in [0.1, 0.15) is 6.10 Å². The van der Waals surface area contributed by atoms with Crippen LogP contribution in [0.2, 0.25) is 0 Å². The second-order valence-electron chi connectivity index (χ2n) is 7.97. The van der Waals surface area contributed by atoms with Crippen molar-refractivity contribution in [2.24, 2.45) is 0 Å². The van der Waals surface area contributed by atoms with E-state index in [1.807, 2.05) is 0 Å². The number of ether oxygens (including phenoxy) is 4. The van der Waals surface area contributed by atoms with Crippen molar-refractivity contribution in [2.75, 3.05) is 21.3 Å². The van der Waals surface area contributed by atoms with E-state index in [1.165, 1.54) is 21.3 Å². The Morgan fingerprint density at radius 2 is 1.38 bits per heavy atom. The molecule has 29 heavy (non-hydrogen) atoms. The van der Waals surface area contributed by atoms with E-state index in [-0.39, 0.29) is 18.2 Å². The third kappa shape index (κ3) is 5.54. The van der Waals surface area contributed by atoms with Crippen LogP contribution in [0.15, 0.2) is 12.1 Å². The summed E-state index contributed by atoms with van der Waals surface area (Å²) in [4.78, 5) is 12.7. The zero-order valence-electron chi connectivity index (χ0n) is 17.6. The molecule has 0 spiro atoms. The van der Waals surface area contributed by atoms with E-state index in [0.717, 1.165) is 51.4 Å². The Hall–Kier alpha value is -1.99. The Balaban J connectivity index is 1.52. The molecule has 2 aliphatic carbocycles. The number of aliphatic hydroxyl groups is 1. The van der Waals surface area contributed by atoms with E-state index in [9.17, 15) is 9.90 Å². The van der Waals surface area contributed by atoms with Crippen molar-refractivity contribution in [3.63, 3.8) is 0 Å². The third-order valence-corrected chi connectivity index (χ3v) is 6.02. The second-order valence-corrected chi connectivity index (χ2v) is 7.97. The molecule has 0 radical (unpaired) electrons. The monoisotopic (exact) mass is 407 g/mol. The molecule has 0 bridgehead atoms. The highest BCUT2D eigenvalue weighted by atomic mass is 16.5. The van der Waals surface area contributed by atoms with Gasteiger partial charge in [0, 0.05) is 12.1 Å². The van der Waals surface area contributed by atoms with Crippen LogP contribution in [0, 0.1) is 0 Å². The van der Waals surface area contributed by atoms with Gasteiger partial charge in [0.15, 0.2) is 11.5 Å². The van der Waals surface area contributed by atoms with E-state index < -0.39 is 0 Å². The minimum Gasteiger partial charge on any atom is -0.493 e. The molecule has 0 aromatic heterocycles. The summed E-state index contributed by atoms with van der Waals surface area (Å²) >= 11 is 0. The van der Waals surface area contributed by atoms with Gasteiger partial charge < -0.3 is 29.4 Å². The fourth-order valence-electron chi connectivity index (χ4n) is 4.34. The zero-order chi connectivity index (χ0) is 20.8. The number of hydrogen-bond donors (Lipinski definition) is 2. The van der Waals surface area contributed by atoms with E-state index in [0.29, 0.717) is 34.9 Å². The first kappa shape index (κ1) is 21.7. The maximum absolute atomic E-state index is 12.7. The molecule has 0 aliphatic heterocycles. The summed E-state index contributed by atoms with van der Waals surface area (Å²) in [6.07, 6.45) is 7.34. The lowest BCUT2D eigenvalue weighted by Crippen LogP contribution is -2.43. The van der Waals surface area contributed by atoms with Crippen molar-refractivity contribution < 1.29 is 28.8 Å². The number of carbonyl (C=O) groups is 1. The fraction of sp³-hybridized carbons (Fsp3) is 0.682. The van der Waals surface area contributed by atoms with Crippen LogP contribution in [0.5, 0.6) is 17.2 Å². The highest BCUT2D eigenvalue weighted by Gasteiger charge is 2.28. The first-order valence-corrected chi connectivity index (χ1v) is 10.5. The number of benzene rings is 1. The van der Waals surface area contributed by atoms with Crippen molar-refractivity contribution >= 4 is 5.97 Å². The molecule has 7 heteroatoms. The third-order valence-electron chi connectivity index (χ3n) is 6.02. The van der Waals surface area contributed by atoms with E-state index in [4.69, 9.17) is 18.9 Å². The molecule has 3 rings (SSSR count). The van der Waals surface area contributed by atoms with Crippen molar-refractivity contribution in [1.29, 1.82) is 0 Å². The molecule has 2 aliphatic rings. The van der Waals surface area contributed by atoms with Gasteiger partial charge in [0.05, 0.1) is 33.0 Å². The normalized spacial score (nSPS) is 27.2. The van der Waals surface area contributed by atoms with Crippen LogP contribution in [-0.4, -0.2) is 56.7 Å². The SMILES string of the molecule is COc1cc(C(=O)OC2CCC(NC3CCC(O)CC3)CC2)cc(OC)c1OC. The van der Waals surface area contributed by atoms with Crippen molar-refractivity contribution in [2.45, 2.75) is 75.7 Å². The molecule has 162 valence electrons. The molecule has 7 nitrogen and oxygen atoms in total. The van der Waals surface area contributed by atoms with Gasteiger partial charge in [-0.25, -0.2) is 4.79 Å². The summed E-state index contributed by atoms with van der Waals surface area (Å²) in [7, 11) is 4.57. The van der Waals surface area contributed by atoms with Crippen LogP contribution in [0.25, 0.3) is 0 Å². The molecule has 1 aromatic carbocycles. The van der Waals surface area contributed by atoms with Crippen LogP contribution < -0.4 is 19.5 Å². The number of aliphatic hydroxyl groups excluding tert-OH is 1. The van der Waals surface area contributed by atoms with Crippen molar-refractivity contribution in [1.82, 2.24) is 5.32 Å². The Kier molecular flexibility index (Phi) is 7.61. The molecule has 0 saturated heterocycles. The minimum atomic E-state index is -0.373. The predicted octanol–water partition coefficient (Wildman–Crippen LogP) is 3.07. The van der Waals surface area contributed by atoms with Gasteiger partial charge in [-0.1, -0.05) is 0 Å². The summed E-state index contributed by atoms with van der Waals surface area (Å²) in [6.45, 7) is 0. The lowest BCUT2D eigenvalue weighted by Gasteiger charge is -2.34. The smallest absolute Gasteiger partial charge is 0.338 e. The van der Waals surface area contributed by atoms with Crippen molar-refractivity contribution in [3.8, 4) is 17.2 Å². The molecule has 0 atom stereocenters. The first-order chi connectivity index (χ1) is 14.0. The average molecular weight is 408 g/mol. The number of carbonyl (C=O) groups excluding carboxylic acids is 1. The van der Waals surface area contributed by atoms with Gasteiger partial charge in [-0.05, 0) is 63.5 Å². The minimum absolute atomic E-state index is 0.0761. The predicted molar refractivity (Wildman–Crippen MR) is 109 cm³/mol. The number of esters is 1. The topological polar surface area (TPSA) is 86.3 Å². The number of hydrogen-bond acceptors (Lipinski definition) is 7. The largest absolute Gasteiger partial charge is 0.493 e. The Labute approximate surface area is 172 Å². The molecular weight excluding hydrogens is 374 g/mol. The summed E-state index contributed by atoms with van der Waals surface area (Å²) in [5.41, 5.74) is 0.389. The Bertz CT molecular complexity index is 653. The quantitative estimate of drug-likeness (QED) is 0.672. The van der Waals surface area contributed by atoms with Crippen LogP contribution in [0.4, 0.5) is 0 Å². The van der Waals surface area contributed by atoms with Crippen LogP contribution in [-0.2, 0) is 4.74 Å². The summed E-state index contributed by atoms with van der Waals surface area (Å²) < 4.78 is 21.7. The van der Waals surface area contributed by atoms with E-state index in [2.05, 4.69) is 5.32 Å². The average Bonchev–Trinajstić information content (AvgIpc) is 2.75. The van der Waals surface area contributed by atoms with Crippen molar-refractivity contribution in [3.05, 3.63) is 17.7 Å². The first-order valence-electron chi connectivity index (χ1n) is 10.5. The molecule has 0 heterocycles. The van der Waals surface area contributed by atoms with Gasteiger partial charge in [0.2, 0.25) is 5.75 Å². The summed E-state index contributed by atoms with van der Waals surface area (Å²) in [6, 6.07) is 4.20. The maximum atomic E-state index is 12.7. The molecule has 0 unspecified atom stereocenters. The lowest BCUT2D eigenvalue weighted by molar-refractivity contribution is 0.0176. The molecule has 2 fully saturated rings. The van der Waals surface area contributed by atoms with E-state index in [1.54, 1.807) is 12.1 Å². The van der Waals surface area contributed by atoms with Gasteiger partial charge in [-0.2, -0.15) is 0 Å². The number of methoxy groups -OCH3 is 3. The van der Waals surface area contributed by atoms with Crippen LogP contribution >= 0.6 is 0 Å². The fourth-order valence-corrected chi connectivity index (χ4v) is 4.34. The molecule has 2 N–H and O–H groups in total. The van der Waals surface area contributed by atoms with Gasteiger partial charge in [-0.3, -0.25) is 0 Å². The molecule has 2 saturated carbocycles. The maximum Gasteiger partial charge on any atom is 0.338 e. The second kappa shape index (κ2) is 10.2. The van der Waals surface area contributed by atoms with Gasteiger partial charge in [-0.15, -0.1) is 0 Å². The number of rotatable bonds is 7. The Morgan fingerprint density at radius 1 is 0.862 bits per heavy atom. The standard InChI is InChI=1S/C22H33NO6/c1-26-19-12-14(13-20(27-2)21(19)28-3)22(25)29-18-10-6-16(7-11-18)23-15-4-8-17(24)9-5-15/h12-13,15-18,23-24H,4-11H2,1-3H3. The van der Waals surface area contributed by atoms with Gasteiger partial charge in [0.25, 0.3) is 0 Å².